The van der Waals surface area contributed by atoms with E-state index in [1.54, 1.807) is 23.3 Å². The van der Waals surface area contributed by atoms with Gasteiger partial charge in [0.15, 0.2) is 11.6 Å². The lowest BCUT2D eigenvalue weighted by Crippen LogP contribution is -2.06. The molecule has 0 aliphatic rings. The Balaban J connectivity index is 1.94. The van der Waals surface area contributed by atoms with Crippen LogP contribution in [0.1, 0.15) is 5.56 Å². The van der Waals surface area contributed by atoms with Crippen LogP contribution in [0.25, 0.3) is 5.82 Å². The van der Waals surface area contributed by atoms with Gasteiger partial charge in [0.25, 0.3) is 0 Å². The third-order valence-electron chi connectivity index (χ3n) is 2.93. The summed E-state index contributed by atoms with van der Waals surface area (Å²) in [6.45, 7) is 2.04. The summed E-state index contributed by atoms with van der Waals surface area (Å²) in [5, 5.41) is 3.19. The number of aryl methyl sites for hydroxylation is 1. The molecule has 0 saturated heterocycles. The fourth-order valence-corrected chi connectivity index (χ4v) is 1.85. The molecule has 0 amide bonds. The molecule has 0 radical (unpaired) electrons. The van der Waals surface area contributed by atoms with E-state index in [1.807, 2.05) is 31.2 Å². The number of hydrogen-bond acceptors (Lipinski definition) is 5. The third-order valence-corrected chi connectivity index (χ3v) is 2.93. The molecule has 100 valence electrons. The molecule has 0 fully saturated rings. The number of imidazole rings is 1. The van der Waals surface area contributed by atoms with E-state index in [9.17, 15) is 0 Å². The molecule has 20 heavy (non-hydrogen) atoms. The highest BCUT2D eigenvalue weighted by Gasteiger charge is 2.09. The Bertz CT molecular complexity index is 703. The topological polar surface area (TPSA) is 81.7 Å². The van der Waals surface area contributed by atoms with Crippen LogP contribution in [0.3, 0.4) is 0 Å². The lowest BCUT2D eigenvalue weighted by molar-refractivity contribution is 0.977. The molecular formula is C14H14N6. The maximum atomic E-state index is 6.12. The molecule has 0 spiro atoms. The van der Waals surface area contributed by atoms with Gasteiger partial charge < -0.3 is 11.1 Å². The Morgan fingerprint density at radius 3 is 2.65 bits per heavy atom. The van der Waals surface area contributed by atoms with E-state index < -0.39 is 0 Å². The largest absolute Gasteiger partial charge is 0.393 e. The van der Waals surface area contributed by atoms with Gasteiger partial charge in [0.05, 0.1) is 0 Å². The highest BCUT2D eigenvalue weighted by molar-refractivity contribution is 5.73. The molecule has 3 N–H and O–H groups in total. The molecular weight excluding hydrogens is 252 g/mol. The zero-order valence-corrected chi connectivity index (χ0v) is 11.0. The SMILES string of the molecule is Cc1ccc(Nc2ncnc(-n3ccnc3)c2N)cc1. The number of rotatable bonds is 3. The molecule has 3 rings (SSSR count). The summed E-state index contributed by atoms with van der Waals surface area (Å²) in [5.41, 5.74) is 8.72. The standard InChI is InChI=1S/C14H14N6/c1-10-2-4-11(5-3-10)19-13-12(15)14(18-8-17-13)20-7-6-16-9-20/h2-9H,15H2,1H3,(H,17,18,19). The fraction of sp³-hybridized carbons (Fsp3) is 0.0714. The van der Waals surface area contributed by atoms with Crippen LogP contribution >= 0.6 is 0 Å². The van der Waals surface area contributed by atoms with Crippen LogP contribution in [0.15, 0.2) is 49.3 Å². The van der Waals surface area contributed by atoms with E-state index in [-0.39, 0.29) is 0 Å². The van der Waals surface area contributed by atoms with Crippen molar-refractivity contribution in [3.05, 3.63) is 54.9 Å². The predicted octanol–water partition coefficient (Wildman–Crippen LogP) is 2.30. The zero-order chi connectivity index (χ0) is 13.9. The second-order valence-corrected chi connectivity index (χ2v) is 4.42. The first-order chi connectivity index (χ1) is 9.74. The van der Waals surface area contributed by atoms with Gasteiger partial charge in [-0.3, -0.25) is 4.57 Å². The summed E-state index contributed by atoms with van der Waals surface area (Å²) in [4.78, 5) is 12.4. The van der Waals surface area contributed by atoms with Gasteiger partial charge in [-0.05, 0) is 19.1 Å². The van der Waals surface area contributed by atoms with Gasteiger partial charge in [-0.25, -0.2) is 15.0 Å². The van der Waals surface area contributed by atoms with Gasteiger partial charge >= 0.3 is 0 Å². The second-order valence-electron chi connectivity index (χ2n) is 4.42. The molecule has 6 nitrogen and oxygen atoms in total. The monoisotopic (exact) mass is 266 g/mol. The number of hydrogen-bond donors (Lipinski definition) is 2. The van der Waals surface area contributed by atoms with E-state index in [0.29, 0.717) is 17.3 Å². The molecule has 2 aromatic heterocycles. The first-order valence-electron chi connectivity index (χ1n) is 6.16. The zero-order valence-electron chi connectivity index (χ0n) is 11.0. The van der Waals surface area contributed by atoms with Crippen molar-refractivity contribution >= 4 is 17.2 Å². The van der Waals surface area contributed by atoms with Crippen molar-refractivity contribution in [2.75, 3.05) is 11.1 Å². The van der Waals surface area contributed by atoms with Crippen LogP contribution in [-0.2, 0) is 0 Å². The van der Waals surface area contributed by atoms with Gasteiger partial charge in [-0.2, -0.15) is 0 Å². The summed E-state index contributed by atoms with van der Waals surface area (Å²) >= 11 is 0. The molecule has 0 aliphatic heterocycles. The van der Waals surface area contributed by atoms with E-state index in [1.165, 1.54) is 11.9 Å². The van der Waals surface area contributed by atoms with E-state index >= 15 is 0 Å². The molecule has 0 saturated carbocycles. The number of nitrogens with zero attached hydrogens (tertiary/aromatic N) is 4. The van der Waals surface area contributed by atoms with Crippen LogP contribution in [-0.4, -0.2) is 19.5 Å². The number of benzene rings is 1. The Hall–Kier alpha value is -2.89. The van der Waals surface area contributed by atoms with Gasteiger partial charge in [0.2, 0.25) is 0 Å². The minimum Gasteiger partial charge on any atom is -0.393 e. The van der Waals surface area contributed by atoms with Crippen LogP contribution in [0, 0.1) is 6.92 Å². The first-order valence-corrected chi connectivity index (χ1v) is 6.16. The number of nitrogens with two attached hydrogens (primary N) is 1. The van der Waals surface area contributed by atoms with Crippen LogP contribution in [0.4, 0.5) is 17.2 Å². The quantitative estimate of drug-likeness (QED) is 0.760. The van der Waals surface area contributed by atoms with Gasteiger partial charge in [0.1, 0.15) is 18.3 Å². The van der Waals surface area contributed by atoms with E-state index in [4.69, 9.17) is 5.73 Å². The lowest BCUT2D eigenvalue weighted by Gasteiger charge is -2.11. The molecule has 6 heteroatoms. The summed E-state index contributed by atoms with van der Waals surface area (Å²) in [7, 11) is 0. The van der Waals surface area contributed by atoms with Gasteiger partial charge in [-0.1, -0.05) is 17.7 Å². The summed E-state index contributed by atoms with van der Waals surface area (Å²) in [5.74, 6) is 1.18. The Morgan fingerprint density at radius 1 is 1.15 bits per heavy atom. The molecule has 0 bridgehead atoms. The number of nitrogen functional groups attached to an aromatic ring is 1. The van der Waals surface area contributed by atoms with Crippen molar-refractivity contribution in [3.8, 4) is 5.82 Å². The number of aromatic nitrogens is 4. The summed E-state index contributed by atoms with van der Waals surface area (Å²) in [6, 6.07) is 8.01. The first kappa shape index (κ1) is 12.2. The average molecular weight is 266 g/mol. The van der Waals surface area contributed by atoms with Crippen molar-refractivity contribution in [2.45, 2.75) is 6.92 Å². The van der Waals surface area contributed by atoms with Crippen molar-refractivity contribution in [3.63, 3.8) is 0 Å². The fourth-order valence-electron chi connectivity index (χ4n) is 1.85. The minimum absolute atomic E-state index is 0.478. The predicted molar refractivity (Wildman–Crippen MR) is 78.0 cm³/mol. The molecule has 0 unspecified atom stereocenters. The van der Waals surface area contributed by atoms with Gasteiger partial charge in [0, 0.05) is 18.1 Å². The molecule has 1 aromatic carbocycles. The van der Waals surface area contributed by atoms with Crippen molar-refractivity contribution in [2.24, 2.45) is 0 Å². The van der Waals surface area contributed by atoms with Crippen LogP contribution < -0.4 is 11.1 Å². The molecule has 2 heterocycles. The van der Waals surface area contributed by atoms with E-state index in [0.717, 1.165) is 5.69 Å². The second kappa shape index (κ2) is 5.00. The number of nitrogens with one attached hydrogen (secondary N) is 1. The number of anilines is 3. The van der Waals surface area contributed by atoms with E-state index in [2.05, 4.69) is 20.3 Å². The lowest BCUT2D eigenvalue weighted by atomic mass is 10.2. The summed E-state index contributed by atoms with van der Waals surface area (Å²) < 4.78 is 1.75. The smallest absolute Gasteiger partial charge is 0.166 e. The molecule has 3 aromatic rings. The Morgan fingerprint density at radius 2 is 1.95 bits per heavy atom. The maximum absolute atomic E-state index is 6.12. The van der Waals surface area contributed by atoms with Crippen molar-refractivity contribution in [1.82, 2.24) is 19.5 Å². The Kier molecular flexibility index (Phi) is 3.04. The van der Waals surface area contributed by atoms with Crippen LogP contribution in [0.2, 0.25) is 0 Å². The van der Waals surface area contributed by atoms with Crippen molar-refractivity contribution < 1.29 is 0 Å². The average Bonchev–Trinajstić information content (AvgIpc) is 2.97. The Labute approximate surface area is 116 Å². The minimum atomic E-state index is 0.478. The summed E-state index contributed by atoms with van der Waals surface area (Å²) in [6.07, 6.45) is 6.58. The third kappa shape index (κ3) is 2.31. The molecule has 0 atom stereocenters. The van der Waals surface area contributed by atoms with Gasteiger partial charge in [-0.15, -0.1) is 0 Å². The maximum Gasteiger partial charge on any atom is 0.166 e. The van der Waals surface area contributed by atoms with Crippen molar-refractivity contribution in [1.29, 1.82) is 0 Å². The molecule has 0 aliphatic carbocycles. The highest BCUT2D eigenvalue weighted by Crippen LogP contribution is 2.24. The normalized spacial score (nSPS) is 10.4. The van der Waals surface area contributed by atoms with Crippen LogP contribution in [0.5, 0.6) is 0 Å². The highest BCUT2D eigenvalue weighted by atomic mass is 15.1.